The fourth-order valence-corrected chi connectivity index (χ4v) is 6.40. The maximum atomic E-state index is 12.7. The molecule has 1 aromatic heterocycles. The number of nitrogens with zero attached hydrogens (tertiary/aromatic N) is 1. The first-order valence-corrected chi connectivity index (χ1v) is 19.8. The first kappa shape index (κ1) is 46.9. The Morgan fingerprint density at radius 3 is 1.40 bits per heavy atom. The van der Waals surface area contributed by atoms with Gasteiger partial charge in [-0.05, 0) is 69.5 Å². The lowest BCUT2D eigenvalue weighted by molar-refractivity contribution is 0.103. The van der Waals surface area contributed by atoms with Gasteiger partial charge in [-0.25, -0.2) is 4.98 Å². The van der Waals surface area contributed by atoms with Crippen LogP contribution >= 0.6 is 0 Å². The average Bonchev–Trinajstić information content (AvgIpc) is 3.33. The van der Waals surface area contributed by atoms with Gasteiger partial charge in [0.1, 0.15) is 5.82 Å². The molecular formula is C47H45B3N4O9. The molecule has 63 heavy (non-hydrogen) atoms. The van der Waals surface area contributed by atoms with E-state index in [2.05, 4.69) is 20.9 Å². The molecule has 1 heterocycles. The molecule has 0 unspecified atom stereocenters. The van der Waals surface area contributed by atoms with Crippen molar-refractivity contribution in [2.45, 2.75) is 19.6 Å². The molecule has 316 valence electrons. The van der Waals surface area contributed by atoms with Crippen molar-refractivity contribution in [2.24, 2.45) is 0 Å². The predicted molar refractivity (Wildman–Crippen MR) is 249 cm³/mol. The zero-order chi connectivity index (χ0) is 45.0. The maximum Gasteiger partial charge on any atom is 0.488 e. The summed E-state index contributed by atoms with van der Waals surface area (Å²) in [5, 5.41) is 65.4. The molecule has 0 aliphatic heterocycles. The van der Waals surface area contributed by atoms with Crippen LogP contribution in [0.5, 0.6) is 0 Å². The number of carbonyl (C=O) groups is 3. The summed E-state index contributed by atoms with van der Waals surface area (Å²) in [6.07, 6.45) is 3.10. The molecule has 6 aromatic carbocycles. The lowest BCUT2D eigenvalue weighted by Gasteiger charge is -2.14. The molecule has 0 bridgehead atoms. The van der Waals surface area contributed by atoms with Crippen LogP contribution in [0.25, 0.3) is 0 Å². The van der Waals surface area contributed by atoms with Gasteiger partial charge in [-0.2, -0.15) is 0 Å². The van der Waals surface area contributed by atoms with Crippen molar-refractivity contribution in [3.63, 3.8) is 0 Å². The Kier molecular flexibility index (Phi) is 18.1. The molecule has 0 saturated heterocycles. The molecule has 0 spiro atoms. The number of benzene rings is 6. The zero-order valence-electron chi connectivity index (χ0n) is 34.0. The highest BCUT2D eigenvalue weighted by atomic mass is 16.4. The van der Waals surface area contributed by atoms with Gasteiger partial charge in [-0.15, -0.1) is 0 Å². The van der Waals surface area contributed by atoms with Gasteiger partial charge in [-0.1, -0.05) is 127 Å². The Bertz CT molecular complexity index is 2460. The minimum absolute atomic E-state index is 0.0563. The van der Waals surface area contributed by atoms with Gasteiger partial charge < -0.3 is 46.1 Å². The minimum Gasteiger partial charge on any atom is -0.423 e. The van der Waals surface area contributed by atoms with E-state index in [1.165, 1.54) is 0 Å². The predicted octanol–water partition coefficient (Wildman–Crippen LogP) is 3.19. The monoisotopic (exact) mass is 842 g/mol. The molecule has 7 rings (SSSR count). The summed E-state index contributed by atoms with van der Waals surface area (Å²) < 4.78 is 0. The van der Waals surface area contributed by atoms with E-state index in [4.69, 9.17) is 0 Å². The van der Waals surface area contributed by atoms with E-state index in [1.807, 2.05) is 78.9 Å². The topological polar surface area (TPSA) is 222 Å². The molecule has 7 aromatic rings. The molecule has 0 aliphatic rings. The van der Waals surface area contributed by atoms with Crippen molar-refractivity contribution in [1.29, 1.82) is 0 Å². The van der Waals surface area contributed by atoms with E-state index < -0.39 is 21.4 Å². The molecule has 0 amide bonds. The van der Waals surface area contributed by atoms with Gasteiger partial charge in [0.25, 0.3) is 0 Å². The number of para-hydroxylation sites is 2. The molecule has 0 saturated carbocycles. The van der Waals surface area contributed by atoms with Crippen LogP contribution in [-0.4, -0.2) is 74.8 Å². The molecule has 13 nitrogen and oxygen atoms in total. The highest BCUT2D eigenvalue weighted by molar-refractivity contribution is 6.60. The van der Waals surface area contributed by atoms with Crippen LogP contribution in [0.15, 0.2) is 170 Å². The van der Waals surface area contributed by atoms with E-state index in [0.29, 0.717) is 69.8 Å². The SMILES string of the molecule is O=C(c1ccccc1)c1ccccc1NCc1ccccc1B(O)O.O=Cc1ccccc1NCc1ccccc1B(O)O.O=Cc1cccnc1NCc1ccccc1B(O)O. The third kappa shape index (κ3) is 13.7. The largest absolute Gasteiger partial charge is 0.488 e. The Labute approximate surface area is 366 Å². The molecular weight excluding hydrogens is 797 g/mol. The third-order valence-electron chi connectivity index (χ3n) is 9.65. The van der Waals surface area contributed by atoms with Crippen molar-refractivity contribution < 1.29 is 44.5 Å². The Morgan fingerprint density at radius 1 is 0.460 bits per heavy atom. The van der Waals surface area contributed by atoms with Gasteiger partial charge in [0.2, 0.25) is 0 Å². The van der Waals surface area contributed by atoms with Gasteiger partial charge >= 0.3 is 21.4 Å². The van der Waals surface area contributed by atoms with Crippen LogP contribution in [0, 0.1) is 0 Å². The number of hydrogen-bond donors (Lipinski definition) is 9. The van der Waals surface area contributed by atoms with Gasteiger partial charge in [0.15, 0.2) is 18.4 Å². The van der Waals surface area contributed by atoms with Crippen molar-refractivity contribution in [2.75, 3.05) is 16.0 Å². The van der Waals surface area contributed by atoms with E-state index >= 15 is 0 Å². The lowest BCUT2D eigenvalue weighted by atomic mass is 9.77. The van der Waals surface area contributed by atoms with E-state index in [9.17, 15) is 44.5 Å². The molecule has 0 radical (unpaired) electrons. The van der Waals surface area contributed by atoms with Crippen LogP contribution in [-0.2, 0) is 19.6 Å². The lowest BCUT2D eigenvalue weighted by Crippen LogP contribution is -2.33. The summed E-state index contributed by atoms with van der Waals surface area (Å²) in [6, 6.07) is 48.0. The average molecular weight is 842 g/mol. The maximum absolute atomic E-state index is 12.7. The number of rotatable bonds is 16. The summed E-state index contributed by atoms with van der Waals surface area (Å²) in [7, 11) is -4.55. The van der Waals surface area contributed by atoms with Crippen molar-refractivity contribution >= 4 is 73.3 Å². The van der Waals surface area contributed by atoms with Gasteiger partial charge in [-0.3, -0.25) is 14.4 Å². The molecule has 0 atom stereocenters. The summed E-state index contributed by atoms with van der Waals surface area (Å²) in [6.45, 7) is 1.15. The quantitative estimate of drug-likeness (QED) is 0.0388. The summed E-state index contributed by atoms with van der Waals surface area (Å²) in [5.74, 6) is 0.416. The number of aromatic nitrogens is 1. The fourth-order valence-electron chi connectivity index (χ4n) is 6.40. The van der Waals surface area contributed by atoms with E-state index in [0.717, 1.165) is 35.0 Å². The number of pyridine rings is 1. The summed E-state index contributed by atoms with van der Waals surface area (Å²) in [5.41, 5.74) is 7.28. The second-order valence-electron chi connectivity index (χ2n) is 13.8. The molecule has 0 aliphatic carbocycles. The summed E-state index contributed by atoms with van der Waals surface area (Å²) in [4.78, 5) is 38.6. The van der Waals surface area contributed by atoms with Crippen LogP contribution in [0.3, 0.4) is 0 Å². The van der Waals surface area contributed by atoms with Crippen molar-refractivity contribution in [3.8, 4) is 0 Å². The molecule has 9 N–H and O–H groups in total. The fraction of sp³-hybridized carbons (Fsp3) is 0.0638. The Balaban J connectivity index is 0.000000181. The minimum atomic E-state index is -1.53. The molecule has 0 fully saturated rings. The highest BCUT2D eigenvalue weighted by Gasteiger charge is 2.18. The standard InChI is InChI=1S/C20H18BNO3.C14H14BNO3.C13H13BN2O3/c23-20(15-8-2-1-3-9-15)17-11-5-7-13-19(17)22-14-16-10-4-6-12-18(16)21(24)25;17-10-12-6-2-4-8-14(12)16-9-11-5-1-3-7-13(11)15(18)19;17-9-11-5-3-7-15-13(11)16-8-10-4-1-2-6-12(10)14(18)19/h1-13,22,24-25H,14H2;1-8,10,16,18-19H,9H2;1-7,9,18-19H,8H2,(H,15,16). The number of carbonyl (C=O) groups excluding carboxylic acids is 3. The van der Waals surface area contributed by atoms with Gasteiger partial charge in [0, 0.05) is 53.9 Å². The van der Waals surface area contributed by atoms with Crippen LogP contribution < -0.4 is 32.3 Å². The number of ketones is 1. The highest BCUT2D eigenvalue weighted by Crippen LogP contribution is 2.20. The van der Waals surface area contributed by atoms with Crippen molar-refractivity contribution in [1.82, 2.24) is 4.98 Å². The first-order valence-electron chi connectivity index (χ1n) is 19.8. The van der Waals surface area contributed by atoms with E-state index in [-0.39, 0.29) is 5.78 Å². The Hall–Kier alpha value is -7.17. The summed E-state index contributed by atoms with van der Waals surface area (Å²) >= 11 is 0. The first-order chi connectivity index (χ1) is 30.6. The number of aldehydes is 2. The smallest absolute Gasteiger partial charge is 0.423 e. The third-order valence-corrected chi connectivity index (χ3v) is 9.65. The normalized spacial score (nSPS) is 10.1. The number of nitrogens with one attached hydrogen (secondary N) is 3. The van der Waals surface area contributed by atoms with E-state index in [1.54, 1.807) is 91.1 Å². The number of hydrogen-bond acceptors (Lipinski definition) is 13. The zero-order valence-corrected chi connectivity index (χ0v) is 34.0. The van der Waals surface area contributed by atoms with Crippen LogP contribution in [0.4, 0.5) is 17.2 Å². The second-order valence-corrected chi connectivity index (χ2v) is 13.8. The van der Waals surface area contributed by atoms with Gasteiger partial charge in [0.05, 0.1) is 5.56 Å². The van der Waals surface area contributed by atoms with Crippen molar-refractivity contribution in [3.05, 3.63) is 209 Å². The van der Waals surface area contributed by atoms with Crippen LogP contribution in [0.1, 0.15) is 53.3 Å². The molecule has 16 heteroatoms. The second kappa shape index (κ2) is 24.3. The van der Waals surface area contributed by atoms with Crippen LogP contribution in [0.2, 0.25) is 0 Å². The Morgan fingerprint density at radius 2 is 0.873 bits per heavy atom. The number of anilines is 3.